The van der Waals surface area contributed by atoms with Gasteiger partial charge in [-0.05, 0) is 28.4 Å². The Balaban J connectivity index is 2.79. The maximum Gasteiger partial charge on any atom is 0.287 e. The number of nitrogens with zero attached hydrogens (tertiary/aromatic N) is 1. The highest BCUT2D eigenvalue weighted by Crippen LogP contribution is 2.34. The van der Waals surface area contributed by atoms with E-state index < -0.39 is 14.0 Å². The molecule has 0 aromatic heterocycles. The van der Waals surface area contributed by atoms with E-state index >= 15 is 0 Å². The zero-order valence-corrected chi connectivity index (χ0v) is 13.7. The van der Waals surface area contributed by atoms with E-state index in [9.17, 15) is 18.5 Å². The van der Waals surface area contributed by atoms with Gasteiger partial charge in [-0.3, -0.25) is 10.1 Å². The fourth-order valence-corrected chi connectivity index (χ4v) is 3.48. The number of hydrogen-bond donors (Lipinski definition) is 0. The molecule has 20 heavy (non-hydrogen) atoms. The van der Waals surface area contributed by atoms with Gasteiger partial charge in [0, 0.05) is 22.7 Å². The van der Waals surface area contributed by atoms with Crippen LogP contribution in [0.25, 0.3) is 0 Å². The smallest absolute Gasteiger partial charge is 0.287 e. The van der Waals surface area contributed by atoms with Crippen molar-refractivity contribution in [2.75, 3.05) is 12.4 Å². The molecule has 0 N–H and O–H groups in total. The number of rotatable bonds is 7. The lowest BCUT2D eigenvalue weighted by molar-refractivity contribution is -0.385. The van der Waals surface area contributed by atoms with E-state index in [0.717, 1.165) is 0 Å². The zero-order valence-electron chi connectivity index (χ0n) is 10.6. The number of ether oxygens (including phenoxy) is 1. The normalized spacial score (nSPS) is 12.9. The first kappa shape index (κ1) is 17.2. The Labute approximate surface area is 129 Å². The molecule has 1 atom stereocenters. The van der Waals surface area contributed by atoms with E-state index in [-0.39, 0.29) is 28.4 Å². The summed E-state index contributed by atoms with van der Waals surface area (Å²) in [5, 5.41) is 10.8. The van der Waals surface area contributed by atoms with Crippen molar-refractivity contribution in [1.82, 2.24) is 0 Å². The van der Waals surface area contributed by atoms with Crippen molar-refractivity contribution in [3.05, 3.63) is 32.8 Å². The molecule has 0 saturated heterocycles. The summed E-state index contributed by atoms with van der Waals surface area (Å²) in [4.78, 5) is 10.2. The molecule has 1 unspecified atom stereocenters. The summed E-state index contributed by atoms with van der Waals surface area (Å²) in [6.07, 6.45) is 0.568. The lowest BCUT2D eigenvalue weighted by Gasteiger charge is -2.15. The third kappa shape index (κ3) is 5.26. The number of nitro benzene ring substituents is 1. The summed E-state index contributed by atoms with van der Waals surface area (Å²) in [6.45, 7) is 1.93. The lowest BCUT2D eigenvalue weighted by atomic mass is 10.1. The van der Waals surface area contributed by atoms with E-state index in [1.54, 1.807) is 6.07 Å². The largest absolute Gasteiger partial charge is 0.492 e. The van der Waals surface area contributed by atoms with Crippen molar-refractivity contribution in [2.45, 2.75) is 13.3 Å². The molecule has 0 radical (unpaired) electrons. The van der Waals surface area contributed by atoms with Crippen molar-refractivity contribution < 1.29 is 18.1 Å². The van der Waals surface area contributed by atoms with Crippen LogP contribution in [0.15, 0.2) is 22.7 Å². The molecule has 6 nitrogen and oxygen atoms in total. The van der Waals surface area contributed by atoms with Gasteiger partial charge in [0.1, 0.15) is 10.2 Å². The molecular weight excluding hydrogens is 374 g/mol. The highest BCUT2D eigenvalue weighted by Gasteiger charge is 2.19. The van der Waals surface area contributed by atoms with Crippen LogP contribution in [0.5, 0.6) is 5.75 Å². The van der Waals surface area contributed by atoms with Crippen molar-refractivity contribution >= 4 is 41.4 Å². The molecule has 0 aliphatic rings. The van der Waals surface area contributed by atoms with E-state index in [2.05, 4.69) is 15.9 Å². The first-order valence-corrected chi connectivity index (χ1v) is 8.99. The molecule has 0 saturated carbocycles. The molecular formula is C11H13BrClNO5S. The standard InChI is InChI=1S/C11H13BrClNO5S/c1-2-8(7-20(13,17)18)6-19-10-5-3-4-9(11(10)12)14(15)16/h3-5,8H,2,6-7H2,1H3. The Bertz CT molecular complexity index is 592. The van der Waals surface area contributed by atoms with E-state index in [1.807, 2.05) is 6.92 Å². The molecule has 0 heterocycles. The van der Waals surface area contributed by atoms with Gasteiger partial charge >= 0.3 is 0 Å². The Morgan fingerprint density at radius 2 is 2.15 bits per heavy atom. The van der Waals surface area contributed by atoms with Crippen molar-refractivity contribution in [2.24, 2.45) is 5.92 Å². The van der Waals surface area contributed by atoms with Crippen LogP contribution >= 0.6 is 26.6 Å². The van der Waals surface area contributed by atoms with Crippen molar-refractivity contribution in [1.29, 1.82) is 0 Å². The molecule has 1 aromatic carbocycles. The molecule has 1 aromatic rings. The summed E-state index contributed by atoms with van der Waals surface area (Å²) in [6, 6.07) is 4.41. The van der Waals surface area contributed by atoms with Crippen molar-refractivity contribution in [3.63, 3.8) is 0 Å². The third-order valence-electron chi connectivity index (χ3n) is 2.63. The lowest BCUT2D eigenvalue weighted by Crippen LogP contribution is -2.19. The summed E-state index contributed by atoms with van der Waals surface area (Å²) in [5.41, 5.74) is -0.111. The zero-order chi connectivity index (χ0) is 15.3. The molecule has 0 aliphatic heterocycles. The summed E-state index contributed by atoms with van der Waals surface area (Å²) >= 11 is 3.10. The fourth-order valence-electron chi connectivity index (χ4n) is 1.52. The van der Waals surface area contributed by atoms with Crippen LogP contribution in [0.2, 0.25) is 0 Å². The molecule has 1 rings (SSSR count). The molecule has 0 amide bonds. The van der Waals surface area contributed by atoms with Crippen LogP contribution in [0.3, 0.4) is 0 Å². The van der Waals surface area contributed by atoms with Crippen LogP contribution in [0.4, 0.5) is 5.69 Å². The fraction of sp³-hybridized carbons (Fsp3) is 0.455. The van der Waals surface area contributed by atoms with Crippen LogP contribution in [0, 0.1) is 16.0 Å². The van der Waals surface area contributed by atoms with Crippen LogP contribution < -0.4 is 4.74 Å². The minimum atomic E-state index is -3.60. The highest BCUT2D eigenvalue weighted by molar-refractivity contribution is 9.10. The van der Waals surface area contributed by atoms with E-state index in [1.165, 1.54) is 12.1 Å². The number of hydrogen-bond acceptors (Lipinski definition) is 5. The minimum Gasteiger partial charge on any atom is -0.492 e. The highest BCUT2D eigenvalue weighted by atomic mass is 79.9. The summed E-state index contributed by atoms with van der Waals surface area (Å²) < 4.78 is 27.7. The average Bonchev–Trinajstić information content (AvgIpc) is 2.34. The monoisotopic (exact) mass is 385 g/mol. The van der Waals surface area contributed by atoms with Gasteiger partial charge in [-0.1, -0.05) is 13.0 Å². The minimum absolute atomic E-state index is 0.111. The number of nitro groups is 1. The van der Waals surface area contributed by atoms with E-state index in [0.29, 0.717) is 12.2 Å². The molecule has 0 bridgehead atoms. The Morgan fingerprint density at radius 3 is 2.65 bits per heavy atom. The Morgan fingerprint density at radius 1 is 1.50 bits per heavy atom. The summed E-state index contributed by atoms with van der Waals surface area (Å²) in [7, 11) is 1.61. The van der Waals surface area contributed by atoms with Crippen molar-refractivity contribution in [3.8, 4) is 5.75 Å². The van der Waals surface area contributed by atoms with Gasteiger partial charge in [0.05, 0.1) is 17.3 Å². The van der Waals surface area contributed by atoms with Gasteiger partial charge < -0.3 is 4.74 Å². The molecule has 9 heteroatoms. The molecule has 0 spiro atoms. The second-order valence-electron chi connectivity index (χ2n) is 4.14. The second-order valence-corrected chi connectivity index (χ2v) is 7.75. The summed E-state index contributed by atoms with van der Waals surface area (Å²) in [5.74, 6) is -0.175. The predicted octanol–water partition coefficient (Wildman–Crippen LogP) is 3.33. The van der Waals surface area contributed by atoms with Gasteiger partial charge in [0.2, 0.25) is 9.05 Å². The maximum atomic E-state index is 11.0. The second kappa shape index (κ2) is 7.24. The topological polar surface area (TPSA) is 86.5 Å². The molecule has 0 fully saturated rings. The van der Waals surface area contributed by atoms with Crippen LogP contribution in [0.1, 0.15) is 13.3 Å². The van der Waals surface area contributed by atoms with E-state index in [4.69, 9.17) is 15.4 Å². The molecule has 112 valence electrons. The quantitative estimate of drug-likeness (QED) is 0.407. The Kier molecular flexibility index (Phi) is 6.22. The average molecular weight is 387 g/mol. The predicted molar refractivity (Wildman–Crippen MR) is 79.7 cm³/mol. The first-order chi connectivity index (χ1) is 9.24. The number of halogens is 2. The Hall–Kier alpha value is -0.860. The maximum absolute atomic E-state index is 11.0. The van der Waals surface area contributed by atoms with Crippen LogP contribution in [-0.2, 0) is 9.05 Å². The third-order valence-corrected chi connectivity index (χ3v) is 4.67. The van der Waals surface area contributed by atoms with Gasteiger partial charge in [-0.25, -0.2) is 8.42 Å². The van der Waals surface area contributed by atoms with Gasteiger partial charge in [0.15, 0.2) is 0 Å². The van der Waals surface area contributed by atoms with Gasteiger partial charge in [0.25, 0.3) is 5.69 Å². The number of benzene rings is 1. The SMILES string of the molecule is CCC(COc1cccc([N+](=O)[O-])c1Br)CS(=O)(=O)Cl. The van der Waals surface area contributed by atoms with Crippen LogP contribution in [-0.4, -0.2) is 25.7 Å². The first-order valence-electron chi connectivity index (χ1n) is 5.72. The van der Waals surface area contributed by atoms with Gasteiger partial charge in [-0.15, -0.1) is 0 Å². The molecule has 0 aliphatic carbocycles. The van der Waals surface area contributed by atoms with Gasteiger partial charge in [-0.2, -0.15) is 0 Å².